The Bertz CT molecular complexity index is 171. The van der Waals surface area contributed by atoms with Gasteiger partial charge in [-0.3, -0.25) is 4.79 Å². The van der Waals surface area contributed by atoms with Crippen LogP contribution < -0.4 is 0 Å². The van der Waals surface area contributed by atoms with E-state index in [-0.39, 0.29) is 11.9 Å². The number of ether oxygens (including phenoxy) is 1. The van der Waals surface area contributed by atoms with Crippen molar-refractivity contribution in [3.05, 3.63) is 0 Å². The van der Waals surface area contributed by atoms with E-state index in [2.05, 4.69) is 0 Å². The second kappa shape index (κ2) is 3.46. The Labute approximate surface area is 73.3 Å². The highest BCUT2D eigenvalue weighted by atomic mass is 16.5. The van der Waals surface area contributed by atoms with Crippen LogP contribution in [-0.2, 0) is 9.53 Å². The maximum absolute atomic E-state index is 11.3. The molecule has 0 bridgehead atoms. The molecule has 0 radical (unpaired) electrons. The van der Waals surface area contributed by atoms with E-state index in [1.165, 1.54) is 32.1 Å². The van der Waals surface area contributed by atoms with Gasteiger partial charge in [0, 0.05) is 0 Å². The van der Waals surface area contributed by atoms with Crippen molar-refractivity contribution >= 4 is 5.97 Å². The summed E-state index contributed by atoms with van der Waals surface area (Å²) in [6.07, 6.45) is 7.46. The quantitative estimate of drug-likeness (QED) is 0.561. The fraction of sp³-hybridized carbons (Fsp3) is 0.900. The third kappa shape index (κ3) is 1.47. The molecule has 0 aromatic carbocycles. The number of carbonyl (C=O) groups is 1. The zero-order valence-electron chi connectivity index (χ0n) is 7.42. The lowest BCUT2D eigenvalue weighted by atomic mass is 9.79. The number of rotatable bonds is 1. The predicted molar refractivity (Wildman–Crippen MR) is 45.6 cm³/mol. The minimum Gasteiger partial charge on any atom is -0.465 e. The highest BCUT2D eigenvalue weighted by Gasteiger charge is 2.34. The molecule has 2 rings (SSSR count). The summed E-state index contributed by atoms with van der Waals surface area (Å²) in [5.41, 5.74) is 0. The molecule has 0 aromatic heterocycles. The van der Waals surface area contributed by atoms with E-state index in [0.717, 1.165) is 6.42 Å². The molecule has 2 fully saturated rings. The molecule has 0 spiro atoms. The molecule has 0 aromatic rings. The molecule has 1 saturated carbocycles. The molecule has 1 saturated heterocycles. The molecule has 0 unspecified atom stereocenters. The van der Waals surface area contributed by atoms with Crippen LogP contribution in [0.3, 0.4) is 0 Å². The monoisotopic (exact) mass is 168 g/mol. The van der Waals surface area contributed by atoms with Crippen LogP contribution in [0, 0.1) is 11.8 Å². The van der Waals surface area contributed by atoms with Gasteiger partial charge in [-0.1, -0.05) is 19.3 Å². The summed E-state index contributed by atoms with van der Waals surface area (Å²) in [5.74, 6) is 0.973. The SMILES string of the molecule is O=C1OCC[C@@H]1C1CCCCC1. The third-order valence-corrected chi connectivity index (χ3v) is 3.19. The van der Waals surface area contributed by atoms with Gasteiger partial charge in [-0.2, -0.15) is 0 Å². The van der Waals surface area contributed by atoms with Gasteiger partial charge in [0.2, 0.25) is 0 Å². The number of esters is 1. The van der Waals surface area contributed by atoms with Crippen LogP contribution in [0.4, 0.5) is 0 Å². The van der Waals surface area contributed by atoms with Gasteiger partial charge in [-0.15, -0.1) is 0 Å². The van der Waals surface area contributed by atoms with Crippen LogP contribution in [-0.4, -0.2) is 12.6 Å². The van der Waals surface area contributed by atoms with Gasteiger partial charge >= 0.3 is 5.97 Å². The predicted octanol–water partition coefficient (Wildman–Crippen LogP) is 2.13. The van der Waals surface area contributed by atoms with E-state index in [1.807, 2.05) is 0 Å². The first-order valence-corrected chi connectivity index (χ1v) is 5.04. The lowest BCUT2D eigenvalue weighted by Crippen LogP contribution is -2.21. The van der Waals surface area contributed by atoms with Gasteiger partial charge < -0.3 is 4.74 Å². The first kappa shape index (κ1) is 8.09. The molecule has 2 nitrogen and oxygen atoms in total. The average Bonchev–Trinajstić information content (AvgIpc) is 2.53. The molecule has 68 valence electrons. The van der Waals surface area contributed by atoms with Gasteiger partial charge in [0.25, 0.3) is 0 Å². The summed E-state index contributed by atoms with van der Waals surface area (Å²) in [7, 11) is 0. The second-order valence-corrected chi connectivity index (χ2v) is 3.96. The molecule has 0 amide bonds. The molecule has 2 aliphatic rings. The van der Waals surface area contributed by atoms with Crippen LogP contribution in [0.25, 0.3) is 0 Å². The normalized spacial score (nSPS) is 32.0. The first-order chi connectivity index (χ1) is 5.88. The van der Waals surface area contributed by atoms with Crippen LogP contribution in [0.1, 0.15) is 38.5 Å². The number of hydrogen-bond donors (Lipinski definition) is 0. The average molecular weight is 168 g/mol. The van der Waals surface area contributed by atoms with E-state index in [4.69, 9.17) is 4.74 Å². The lowest BCUT2D eigenvalue weighted by Gasteiger charge is -2.24. The molecular formula is C10H16O2. The van der Waals surface area contributed by atoms with Crippen molar-refractivity contribution in [2.24, 2.45) is 11.8 Å². The van der Waals surface area contributed by atoms with Gasteiger partial charge in [0.05, 0.1) is 12.5 Å². The van der Waals surface area contributed by atoms with Crippen LogP contribution >= 0.6 is 0 Å². The molecular weight excluding hydrogens is 152 g/mol. The van der Waals surface area contributed by atoms with Crippen LogP contribution in [0.5, 0.6) is 0 Å². The van der Waals surface area contributed by atoms with Crippen LogP contribution in [0.2, 0.25) is 0 Å². The third-order valence-electron chi connectivity index (χ3n) is 3.19. The molecule has 1 aliphatic heterocycles. The number of carbonyl (C=O) groups excluding carboxylic acids is 1. The van der Waals surface area contributed by atoms with Crippen molar-refractivity contribution in [1.29, 1.82) is 0 Å². The standard InChI is InChI=1S/C10H16O2/c11-10-9(6-7-12-10)8-4-2-1-3-5-8/h8-9H,1-7H2/t9-/m1/s1. The fourth-order valence-electron chi connectivity index (χ4n) is 2.48. The Morgan fingerprint density at radius 3 is 2.42 bits per heavy atom. The summed E-state index contributed by atoms with van der Waals surface area (Å²) in [4.78, 5) is 11.3. The summed E-state index contributed by atoms with van der Waals surface area (Å²) >= 11 is 0. The molecule has 0 N–H and O–H groups in total. The minimum absolute atomic E-state index is 0.0712. The van der Waals surface area contributed by atoms with Gasteiger partial charge in [-0.25, -0.2) is 0 Å². The van der Waals surface area contributed by atoms with Crippen LogP contribution in [0.15, 0.2) is 0 Å². The molecule has 1 aliphatic carbocycles. The summed E-state index contributed by atoms with van der Waals surface area (Å²) in [5, 5.41) is 0. The van der Waals surface area contributed by atoms with E-state index in [0.29, 0.717) is 12.5 Å². The molecule has 12 heavy (non-hydrogen) atoms. The first-order valence-electron chi connectivity index (χ1n) is 5.04. The smallest absolute Gasteiger partial charge is 0.309 e. The van der Waals surface area contributed by atoms with Crippen molar-refractivity contribution in [2.45, 2.75) is 38.5 Å². The number of cyclic esters (lactones) is 1. The van der Waals surface area contributed by atoms with E-state index in [1.54, 1.807) is 0 Å². The van der Waals surface area contributed by atoms with E-state index >= 15 is 0 Å². The van der Waals surface area contributed by atoms with E-state index < -0.39 is 0 Å². The minimum atomic E-state index is 0.0712. The maximum Gasteiger partial charge on any atom is 0.309 e. The Balaban J connectivity index is 1.93. The highest BCUT2D eigenvalue weighted by Crippen LogP contribution is 2.34. The summed E-state index contributed by atoms with van der Waals surface area (Å²) in [6, 6.07) is 0. The van der Waals surface area contributed by atoms with Crippen molar-refractivity contribution in [1.82, 2.24) is 0 Å². The zero-order valence-corrected chi connectivity index (χ0v) is 7.42. The van der Waals surface area contributed by atoms with Crippen molar-refractivity contribution in [2.75, 3.05) is 6.61 Å². The molecule has 1 heterocycles. The van der Waals surface area contributed by atoms with Gasteiger partial charge in [0.1, 0.15) is 0 Å². The summed E-state index contributed by atoms with van der Waals surface area (Å²) in [6.45, 7) is 0.667. The zero-order chi connectivity index (χ0) is 8.39. The Morgan fingerprint density at radius 2 is 1.83 bits per heavy atom. The Kier molecular flexibility index (Phi) is 2.33. The highest BCUT2D eigenvalue weighted by molar-refractivity contribution is 5.74. The second-order valence-electron chi connectivity index (χ2n) is 3.96. The molecule has 1 atom stereocenters. The van der Waals surface area contributed by atoms with E-state index in [9.17, 15) is 4.79 Å². The fourth-order valence-corrected chi connectivity index (χ4v) is 2.48. The Morgan fingerprint density at radius 1 is 1.08 bits per heavy atom. The van der Waals surface area contributed by atoms with Gasteiger partial charge in [0.15, 0.2) is 0 Å². The maximum atomic E-state index is 11.3. The topological polar surface area (TPSA) is 26.3 Å². The largest absolute Gasteiger partial charge is 0.465 e. The van der Waals surface area contributed by atoms with Crippen molar-refractivity contribution < 1.29 is 9.53 Å². The molecule has 2 heteroatoms. The lowest BCUT2D eigenvalue weighted by molar-refractivity contribution is -0.142. The van der Waals surface area contributed by atoms with Crippen molar-refractivity contribution in [3.63, 3.8) is 0 Å². The Hall–Kier alpha value is -0.530. The summed E-state index contributed by atoms with van der Waals surface area (Å²) < 4.78 is 4.98. The van der Waals surface area contributed by atoms with Crippen molar-refractivity contribution in [3.8, 4) is 0 Å². The number of hydrogen-bond acceptors (Lipinski definition) is 2. The van der Waals surface area contributed by atoms with Gasteiger partial charge in [-0.05, 0) is 25.2 Å².